The van der Waals surface area contributed by atoms with Gasteiger partial charge in [-0.1, -0.05) is 0 Å². The van der Waals surface area contributed by atoms with Crippen molar-refractivity contribution in [3.8, 4) is 0 Å². The van der Waals surface area contributed by atoms with Crippen LogP contribution in [0, 0.1) is 35.4 Å². The standard InChI is InChI=1S/C11H15N3S/c1-5-12-13-11(15)14(5)10-8-6-2-3-7(4-6)9(8)10/h6-10H,2-4H2,1H3,(H,13,15). The van der Waals surface area contributed by atoms with E-state index in [9.17, 15) is 0 Å². The predicted molar refractivity (Wildman–Crippen MR) is 59.0 cm³/mol. The van der Waals surface area contributed by atoms with E-state index in [0.717, 1.165) is 34.3 Å². The molecule has 80 valence electrons. The number of aromatic nitrogens is 3. The first-order valence-corrected chi connectivity index (χ1v) is 6.31. The fraction of sp³-hybridized carbons (Fsp3) is 0.818. The van der Waals surface area contributed by atoms with E-state index in [1.165, 1.54) is 19.3 Å². The monoisotopic (exact) mass is 221 g/mol. The number of hydrogen-bond acceptors (Lipinski definition) is 2. The Kier molecular flexibility index (Phi) is 1.44. The highest BCUT2D eigenvalue weighted by atomic mass is 32.1. The highest BCUT2D eigenvalue weighted by molar-refractivity contribution is 7.71. The Balaban J connectivity index is 1.75. The minimum atomic E-state index is 0.697. The van der Waals surface area contributed by atoms with E-state index in [-0.39, 0.29) is 0 Å². The maximum atomic E-state index is 5.31. The quantitative estimate of drug-likeness (QED) is 0.739. The van der Waals surface area contributed by atoms with Gasteiger partial charge in [0.15, 0.2) is 4.77 Å². The average Bonchev–Trinajstić information content (AvgIpc) is 2.61. The average molecular weight is 221 g/mol. The Labute approximate surface area is 93.9 Å². The Bertz CT molecular complexity index is 458. The third-order valence-corrected chi connectivity index (χ3v) is 5.16. The molecule has 1 heterocycles. The van der Waals surface area contributed by atoms with Crippen molar-refractivity contribution < 1.29 is 0 Å². The fourth-order valence-corrected chi connectivity index (χ4v) is 4.66. The molecule has 3 nitrogen and oxygen atoms in total. The first-order chi connectivity index (χ1) is 7.27. The highest BCUT2D eigenvalue weighted by Gasteiger charge is 2.66. The second kappa shape index (κ2) is 2.54. The van der Waals surface area contributed by atoms with Gasteiger partial charge in [-0.2, -0.15) is 5.10 Å². The summed E-state index contributed by atoms with van der Waals surface area (Å²) in [6.45, 7) is 2.06. The summed E-state index contributed by atoms with van der Waals surface area (Å²) in [6, 6.07) is 0.697. The highest BCUT2D eigenvalue weighted by Crippen LogP contribution is 2.71. The number of nitrogens with zero attached hydrogens (tertiary/aromatic N) is 2. The molecular formula is C11H15N3S. The van der Waals surface area contributed by atoms with Gasteiger partial charge in [0.2, 0.25) is 0 Å². The second-order valence-corrected chi connectivity index (χ2v) is 5.81. The molecule has 1 aromatic heterocycles. The number of fused-ring (bicyclic) bond motifs is 5. The van der Waals surface area contributed by atoms with Crippen LogP contribution >= 0.6 is 12.2 Å². The number of aromatic amines is 1. The van der Waals surface area contributed by atoms with Crippen molar-refractivity contribution >= 4 is 12.2 Å². The lowest BCUT2D eigenvalue weighted by atomic mass is 10.0. The molecule has 3 saturated carbocycles. The van der Waals surface area contributed by atoms with E-state index >= 15 is 0 Å². The summed E-state index contributed by atoms with van der Waals surface area (Å²) in [7, 11) is 0. The van der Waals surface area contributed by atoms with E-state index in [4.69, 9.17) is 12.2 Å². The van der Waals surface area contributed by atoms with Gasteiger partial charge in [0.25, 0.3) is 0 Å². The second-order valence-electron chi connectivity index (χ2n) is 5.42. The molecule has 2 bridgehead atoms. The van der Waals surface area contributed by atoms with Crippen LogP contribution in [0.25, 0.3) is 0 Å². The summed E-state index contributed by atoms with van der Waals surface area (Å²) in [6.07, 6.45) is 4.43. The Hall–Kier alpha value is -0.640. The van der Waals surface area contributed by atoms with Crippen LogP contribution in [0.5, 0.6) is 0 Å². The molecule has 15 heavy (non-hydrogen) atoms. The third kappa shape index (κ3) is 0.917. The Morgan fingerprint density at radius 3 is 2.53 bits per heavy atom. The molecule has 1 aromatic rings. The van der Waals surface area contributed by atoms with Crippen LogP contribution in [0.2, 0.25) is 0 Å². The van der Waals surface area contributed by atoms with E-state index < -0.39 is 0 Å². The van der Waals surface area contributed by atoms with Gasteiger partial charge in [0, 0.05) is 6.04 Å². The minimum absolute atomic E-state index is 0.697. The van der Waals surface area contributed by atoms with E-state index in [0.29, 0.717) is 6.04 Å². The third-order valence-electron chi connectivity index (χ3n) is 4.87. The maximum Gasteiger partial charge on any atom is 0.195 e. The van der Waals surface area contributed by atoms with E-state index in [1.54, 1.807) is 0 Å². The molecule has 4 unspecified atom stereocenters. The van der Waals surface area contributed by atoms with Crippen molar-refractivity contribution in [3.05, 3.63) is 10.6 Å². The van der Waals surface area contributed by atoms with Crippen molar-refractivity contribution in [2.75, 3.05) is 0 Å². The van der Waals surface area contributed by atoms with Crippen molar-refractivity contribution in [1.29, 1.82) is 0 Å². The predicted octanol–water partition coefficient (Wildman–Crippen LogP) is 2.47. The van der Waals surface area contributed by atoms with Crippen molar-refractivity contribution in [3.63, 3.8) is 0 Å². The van der Waals surface area contributed by atoms with Crippen molar-refractivity contribution in [2.24, 2.45) is 23.7 Å². The molecule has 3 fully saturated rings. The molecule has 4 atom stereocenters. The van der Waals surface area contributed by atoms with Crippen LogP contribution in [0.1, 0.15) is 31.1 Å². The van der Waals surface area contributed by atoms with Gasteiger partial charge in [-0.25, -0.2) is 0 Å². The van der Waals surface area contributed by atoms with Crippen LogP contribution in [0.3, 0.4) is 0 Å². The lowest BCUT2D eigenvalue weighted by Gasteiger charge is -2.10. The molecule has 1 N–H and O–H groups in total. The molecule has 4 heteroatoms. The first-order valence-electron chi connectivity index (χ1n) is 5.91. The van der Waals surface area contributed by atoms with Crippen LogP contribution < -0.4 is 0 Å². The molecule has 0 aromatic carbocycles. The van der Waals surface area contributed by atoms with Crippen LogP contribution in [-0.4, -0.2) is 14.8 Å². The van der Waals surface area contributed by atoms with Gasteiger partial charge in [0.05, 0.1) is 0 Å². The summed E-state index contributed by atoms with van der Waals surface area (Å²) < 4.78 is 3.10. The lowest BCUT2D eigenvalue weighted by Crippen LogP contribution is -2.06. The van der Waals surface area contributed by atoms with Crippen LogP contribution in [-0.2, 0) is 0 Å². The maximum absolute atomic E-state index is 5.31. The smallest absolute Gasteiger partial charge is 0.195 e. The molecule has 0 amide bonds. The fourth-order valence-electron chi connectivity index (χ4n) is 4.36. The number of H-pyrrole nitrogens is 1. The Morgan fingerprint density at radius 2 is 2.00 bits per heavy atom. The zero-order valence-corrected chi connectivity index (χ0v) is 9.63. The molecular weight excluding hydrogens is 206 g/mol. The lowest BCUT2D eigenvalue weighted by molar-refractivity contribution is 0.446. The van der Waals surface area contributed by atoms with E-state index in [2.05, 4.69) is 21.7 Å². The zero-order valence-electron chi connectivity index (χ0n) is 8.81. The summed E-state index contributed by atoms with van der Waals surface area (Å²) in [5.74, 6) is 4.94. The minimum Gasteiger partial charge on any atom is -0.301 e. The normalized spacial score (nSPS) is 45.8. The molecule has 0 spiro atoms. The first kappa shape index (κ1) is 8.50. The number of hydrogen-bond donors (Lipinski definition) is 1. The van der Waals surface area contributed by atoms with Crippen molar-refractivity contribution in [1.82, 2.24) is 14.8 Å². The van der Waals surface area contributed by atoms with E-state index in [1.807, 2.05) is 0 Å². The number of aryl methyl sites for hydroxylation is 1. The molecule has 4 rings (SSSR count). The van der Waals surface area contributed by atoms with Crippen molar-refractivity contribution in [2.45, 2.75) is 32.2 Å². The van der Waals surface area contributed by atoms with Gasteiger partial charge in [0.1, 0.15) is 5.82 Å². The zero-order chi connectivity index (χ0) is 10.2. The van der Waals surface area contributed by atoms with Gasteiger partial charge in [-0.05, 0) is 62.1 Å². The summed E-state index contributed by atoms with van der Waals surface area (Å²) in [4.78, 5) is 0. The number of nitrogens with one attached hydrogen (secondary N) is 1. The van der Waals surface area contributed by atoms with Gasteiger partial charge < -0.3 is 4.57 Å². The molecule has 0 radical (unpaired) electrons. The van der Waals surface area contributed by atoms with Gasteiger partial charge >= 0.3 is 0 Å². The summed E-state index contributed by atoms with van der Waals surface area (Å²) >= 11 is 5.31. The molecule has 3 aliphatic carbocycles. The van der Waals surface area contributed by atoms with Gasteiger partial charge in [-0.15, -0.1) is 0 Å². The van der Waals surface area contributed by atoms with Crippen LogP contribution in [0.15, 0.2) is 0 Å². The number of rotatable bonds is 1. The Morgan fingerprint density at radius 1 is 1.33 bits per heavy atom. The summed E-state index contributed by atoms with van der Waals surface area (Å²) in [5.41, 5.74) is 0. The van der Waals surface area contributed by atoms with Crippen LogP contribution in [0.4, 0.5) is 0 Å². The van der Waals surface area contributed by atoms with Gasteiger partial charge in [-0.3, -0.25) is 5.10 Å². The largest absolute Gasteiger partial charge is 0.301 e. The topological polar surface area (TPSA) is 33.6 Å². The molecule has 0 saturated heterocycles. The molecule has 3 aliphatic rings. The summed E-state index contributed by atoms with van der Waals surface area (Å²) in [5, 5.41) is 7.13. The molecule has 0 aliphatic heterocycles. The SMILES string of the molecule is Cc1n[nH]c(=S)n1C1C2C3CCC(C3)C21.